The van der Waals surface area contributed by atoms with Gasteiger partial charge in [-0.15, -0.1) is 0 Å². The van der Waals surface area contributed by atoms with Crippen LogP contribution in [-0.4, -0.2) is 21.7 Å². The molecule has 19 heavy (non-hydrogen) atoms. The zero-order chi connectivity index (χ0) is 13.3. The van der Waals surface area contributed by atoms with E-state index in [1.165, 1.54) is 44.2 Å². The fourth-order valence-electron chi connectivity index (χ4n) is 3.49. The third-order valence-electron chi connectivity index (χ3n) is 4.99. The van der Waals surface area contributed by atoms with Crippen molar-refractivity contribution in [3.05, 3.63) is 23.3 Å². The Balaban J connectivity index is 1.91. The largest absolute Gasteiger partial charge is 0.395 e. The second kappa shape index (κ2) is 5.20. The molecule has 2 fully saturated rings. The minimum absolute atomic E-state index is 0.130. The second-order valence-electron chi connectivity index (χ2n) is 6.38. The van der Waals surface area contributed by atoms with E-state index in [9.17, 15) is 5.11 Å². The van der Waals surface area contributed by atoms with E-state index in [-0.39, 0.29) is 12.0 Å². The molecule has 3 nitrogen and oxygen atoms in total. The molecule has 1 heterocycles. The van der Waals surface area contributed by atoms with Crippen LogP contribution in [0.1, 0.15) is 74.5 Å². The summed E-state index contributed by atoms with van der Waals surface area (Å²) in [5, 5.41) is 9.70. The molecular weight excluding hydrogens is 236 g/mol. The number of nitrogens with zero attached hydrogens (tertiary/aromatic N) is 2. The lowest BCUT2D eigenvalue weighted by atomic mass is 9.68. The van der Waals surface area contributed by atoms with E-state index < -0.39 is 0 Å². The fourth-order valence-corrected chi connectivity index (χ4v) is 3.49. The second-order valence-corrected chi connectivity index (χ2v) is 6.38. The van der Waals surface area contributed by atoms with Crippen molar-refractivity contribution in [1.82, 2.24) is 9.97 Å². The Kier molecular flexibility index (Phi) is 3.57. The number of rotatable bonds is 3. The van der Waals surface area contributed by atoms with Crippen molar-refractivity contribution >= 4 is 0 Å². The van der Waals surface area contributed by atoms with E-state index in [1.54, 1.807) is 0 Å². The predicted octanol–water partition coefficient (Wildman–Crippen LogP) is 3.25. The lowest BCUT2D eigenvalue weighted by Gasteiger charge is -2.39. The molecule has 3 rings (SSSR count). The molecule has 1 aromatic rings. The summed E-state index contributed by atoms with van der Waals surface area (Å²) in [6.07, 6.45) is 9.82. The molecular formula is C16H24N2O. The van der Waals surface area contributed by atoms with Crippen molar-refractivity contribution in [2.24, 2.45) is 0 Å². The monoisotopic (exact) mass is 260 g/mol. The number of aliphatic hydroxyl groups excluding tert-OH is 1. The van der Waals surface area contributed by atoms with Crippen molar-refractivity contribution in [1.29, 1.82) is 0 Å². The number of aryl methyl sites for hydroxylation is 1. The SMILES string of the molecule is Cc1cc(C2CCCCC2)nc(C2(CO)CCC2)n1. The molecule has 0 aromatic carbocycles. The van der Waals surface area contributed by atoms with Gasteiger partial charge >= 0.3 is 0 Å². The quantitative estimate of drug-likeness (QED) is 0.907. The molecule has 2 aliphatic carbocycles. The van der Waals surface area contributed by atoms with Gasteiger partial charge in [0, 0.05) is 17.3 Å². The van der Waals surface area contributed by atoms with Gasteiger partial charge in [-0.05, 0) is 38.7 Å². The van der Waals surface area contributed by atoms with E-state index in [1.807, 2.05) is 0 Å². The fraction of sp³-hybridized carbons (Fsp3) is 0.750. The van der Waals surface area contributed by atoms with Crippen LogP contribution in [0.5, 0.6) is 0 Å². The Morgan fingerprint density at radius 1 is 1.16 bits per heavy atom. The van der Waals surface area contributed by atoms with E-state index in [2.05, 4.69) is 18.0 Å². The maximum absolute atomic E-state index is 9.70. The zero-order valence-corrected chi connectivity index (χ0v) is 11.9. The van der Waals surface area contributed by atoms with E-state index in [0.29, 0.717) is 5.92 Å². The highest BCUT2D eigenvalue weighted by Crippen LogP contribution is 2.42. The van der Waals surface area contributed by atoms with Crippen LogP contribution in [0.15, 0.2) is 6.07 Å². The average molecular weight is 260 g/mol. The normalized spacial score (nSPS) is 23.1. The molecule has 0 bridgehead atoms. The third kappa shape index (κ3) is 2.40. The first kappa shape index (κ1) is 13.0. The van der Waals surface area contributed by atoms with Crippen LogP contribution in [0.2, 0.25) is 0 Å². The molecule has 0 radical (unpaired) electrons. The highest BCUT2D eigenvalue weighted by Gasteiger charge is 2.41. The Morgan fingerprint density at radius 2 is 1.89 bits per heavy atom. The van der Waals surface area contributed by atoms with Crippen molar-refractivity contribution in [2.75, 3.05) is 6.61 Å². The summed E-state index contributed by atoms with van der Waals surface area (Å²) in [6.45, 7) is 2.25. The maximum atomic E-state index is 9.70. The molecule has 0 atom stereocenters. The summed E-state index contributed by atoms with van der Waals surface area (Å²) in [5.74, 6) is 1.52. The third-order valence-corrected chi connectivity index (χ3v) is 4.99. The van der Waals surface area contributed by atoms with Crippen molar-refractivity contribution in [3.8, 4) is 0 Å². The van der Waals surface area contributed by atoms with Crippen LogP contribution < -0.4 is 0 Å². The Bertz CT molecular complexity index is 443. The average Bonchev–Trinajstić information content (AvgIpc) is 2.39. The van der Waals surface area contributed by atoms with Gasteiger partial charge < -0.3 is 5.11 Å². The van der Waals surface area contributed by atoms with E-state index >= 15 is 0 Å². The first-order chi connectivity index (χ1) is 9.23. The topological polar surface area (TPSA) is 46.0 Å². The summed E-state index contributed by atoms with van der Waals surface area (Å²) in [6, 6.07) is 2.16. The number of aliphatic hydroxyl groups is 1. The van der Waals surface area contributed by atoms with Gasteiger partial charge in [0.25, 0.3) is 0 Å². The van der Waals surface area contributed by atoms with Crippen LogP contribution in [0.3, 0.4) is 0 Å². The zero-order valence-electron chi connectivity index (χ0n) is 11.9. The molecule has 0 unspecified atom stereocenters. The summed E-state index contributed by atoms with van der Waals surface area (Å²) < 4.78 is 0. The minimum Gasteiger partial charge on any atom is -0.395 e. The number of aromatic nitrogens is 2. The molecule has 3 heteroatoms. The Hall–Kier alpha value is -0.960. The van der Waals surface area contributed by atoms with Gasteiger partial charge in [0.1, 0.15) is 5.82 Å². The minimum atomic E-state index is -0.130. The Labute approximate surface area is 115 Å². The molecule has 2 aliphatic rings. The van der Waals surface area contributed by atoms with E-state index in [4.69, 9.17) is 4.98 Å². The molecule has 2 saturated carbocycles. The number of hydrogen-bond donors (Lipinski definition) is 1. The molecule has 1 aromatic heterocycles. The predicted molar refractivity (Wildman–Crippen MR) is 75.2 cm³/mol. The van der Waals surface area contributed by atoms with Gasteiger partial charge in [-0.2, -0.15) is 0 Å². The lowest BCUT2D eigenvalue weighted by Crippen LogP contribution is -2.40. The molecule has 104 valence electrons. The van der Waals surface area contributed by atoms with Gasteiger partial charge in [0.15, 0.2) is 0 Å². The molecule has 0 saturated heterocycles. The van der Waals surface area contributed by atoms with Crippen LogP contribution in [0.4, 0.5) is 0 Å². The first-order valence-corrected chi connectivity index (χ1v) is 7.70. The highest BCUT2D eigenvalue weighted by atomic mass is 16.3. The van der Waals surface area contributed by atoms with Gasteiger partial charge in [-0.1, -0.05) is 25.7 Å². The van der Waals surface area contributed by atoms with Crippen LogP contribution in [0.25, 0.3) is 0 Å². The lowest BCUT2D eigenvalue weighted by molar-refractivity contribution is 0.111. The highest BCUT2D eigenvalue weighted by molar-refractivity contribution is 5.21. The van der Waals surface area contributed by atoms with Crippen molar-refractivity contribution in [3.63, 3.8) is 0 Å². The van der Waals surface area contributed by atoms with Gasteiger partial charge in [0.05, 0.1) is 12.0 Å². The summed E-state index contributed by atoms with van der Waals surface area (Å²) in [4.78, 5) is 9.47. The molecule has 0 amide bonds. The van der Waals surface area contributed by atoms with Crippen molar-refractivity contribution < 1.29 is 5.11 Å². The van der Waals surface area contributed by atoms with Gasteiger partial charge in [-0.25, -0.2) is 9.97 Å². The number of hydrogen-bond acceptors (Lipinski definition) is 3. The molecule has 1 N–H and O–H groups in total. The standard InChI is InChI=1S/C16H24N2O/c1-12-10-14(13-6-3-2-4-7-13)18-15(17-12)16(11-19)8-5-9-16/h10,13,19H,2-9,11H2,1H3. The van der Waals surface area contributed by atoms with Gasteiger partial charge in [-0.3, -0.25) is 0 Å². The maximum Gasteiger partial charge on any atom is 0.137 e. The molecule has 0 spiro atoms. The van der Waals surface area contributed by atoms with E-state index in [0.717, 1.165) is 24.4 Å². The van der Waals surface area contributed by atoms with Crippen molar-refractivity contribution in [2.45, 2.75) is 69.6 Å². The van der Waals surface area contributed by atoms with Crippen LogP contribution in [0, 0.1) is 6.92 Å². The smallest absolute Gasteiger partial charge is 0.137 e. The summed E-state index contributed by atoms with van der Waals surface area (Å²) in [7, 11) is 0. The Morgan fingerprint density at radius 3 is 2.47 bits per heavy atom. The van der Waals surface area contributed by atoms with Crippen LogP contribution in [-0.2, 0) is 5.41 Å². The first-order valence-electron chi connectivity index (χ1n) is 7.70. The summed E-state index contributed by atoms with van der Waals surface area (Å²) in [5.41, 5.74) is 2.15. The van der Waals surface area contributed by atoms with Crippen LogP contribution >= 0.6 is 0 Å². The summed E-state index contributed by atoms with van der Waals surface area (Å²) >= 11 is 0. The van der Waals surface area contributed by atoms with Gasteiger partial charge in [0.2, 0.25) is 0 Å². The molecule has 0 aliphatic heterocycles.